The Morgan fingerprint density at radius 3 is 2.50 bits per heavy atom. The summed E-state index contributed by atoms with van der Waals surface area (Å²) < 4.78 is 0. The predicted octanol–water partition coefficient (Wildman–Crippen LogP) is 3.60. The molecule has 0 saturated carbocycles. The fourth-order valence-electron chi connectivity index (χ4n) is 1.98. The van der Waals surface area contributed by atoms with Crippen molar-refractivity contribution in [2.24, 2.45) is 0 Å². The highest BCUT2D eigenvalue weighted by Crippen LogP contribution is 2.25. The van der Waals surface area contributed by atoms with Crippen LogP contribution in [0.1, 0.15) is 25.0 Å². The van der Waals surface area contributed by atoms with Gasteiger partial charge in [0, 0.05) is 5.54 Å². The van der Waals surface area contributed by atoms with Gasteiger partial charge in [-0.2, -0.15) is 0 Å². The molecule has 16 heavy (non-hydrogen) atoms. The molecular formula is C15H19N. The van der Waals surface area contributed by atoms with Gasteiger partial charge in [0.1, 0.15) is 0 Å². The van der Waals surface area contributed by atoms with Gasteiger partial charge in [-0.15, -0.1) is 0 Å². The maximum Gasteiger partial charge on any atom is 0.0375 e. The average Bonchev–Trinajstić information content (AvgIpc) is 2.29. The van der Waals surface area contributed by atoms with Crippen molar-refractivity contribution in [3.8, 4) is 0 Å². The summed E-state index contributed by atoms with van der Waals surface area (Å²) in [6.45, 7) is 6.55. The molecule has 0 unspecified atom stereocenters. The molecule has 0 fully saturated rings. The van der Waals surface area contributed by atoms with Gasteiger partial charge in [-0.05, 0) is 55.8 Å². The summed E-state index contributed by atoms with van der Waals surface area (Å²) in [5.74, 6) is 0. The van der Waals surface area contributed by atoms with E-state index < -0.39 is 0 Å². The minimum atomic E-state index is 0.0257. The minimum absolute atomic E-state index is 0.0257. The van der Waals surface area contributed by atoms with E-state index in [0.717, 1.165) is 0 Å². The number of hydrogen-bond acceptors (Lipinski definition) is 1. The van der Waals surface area contributed by atoms with Crippen molar-refractivity contribution >= 4 is 10.8 Å². The maximum atomic E-state index is 3.34. The third-order valence-corrected chi connectivity index (χ3v) is 3.45. The summed E-state index contributed by atoms with van der Waals surface area (Å²) in [5, 5.41) is 6.00. The van der Waals surface area contributed by atoms with E-state index in [9.17, 15) is 0 Å². The monoisotopic (exact) mass is 213 g/mol. The maximum absolute atomic E-state index is 3.34. The van der Waals surface area contributed by atoms with Crippen molar-refractivity contribution in [2.75, 3.05) is 7.05 Å². The normalized spacial score (nSPS) is 12.0. The zero-order valence-electron chi connectivity index (χ0n) is 10.5. The van der Waals surface area contributed by atoms with E-state index in [0.29, 0.717) is 0 Å². The van der Waals surface area contributed by atoms with Crippen LogP contribution in [0.5, 0.6) is 0 Å². The molecule has 0 heterocycles. The van der Waals surface area contributed by atoms with Crippen LogP contribution < -0.4 is 5.32 Å². The first-order valence-corrected chi connectivity index (χ1v) is 5.73. The molecule has 2 aromatic rings. The minimum Gasteiger partial charge on any atom is -0.311 e. The zero-order chi connectivity index (χ0) is 11.8. The Balaban J connectivity index is 2.61. The van der Waals surface area contributed by atoms with E-state index in [1.54, 1.807) is 0 Å². The van der Waals surface area contributed by atoms with Gasteiger partial charge < -0.3 is 5.32 Å². The summed E-state index contributed by atoms with van der Waals surface area (Å²) >= 11 is 0. The lowest BCUT2D eigenvalue weighted by Crippen LogP contribution is -2.32. The molecule has 0 saturated heterocycles. The van der Waals surface area contributed by atoms with Crippen molar-refractivity contribution in [2.45, 2.75) is 26.3 Å². The van der Waals surface area contributed by atoms with Crippen molar-refractivity contribution in [3.05, 3.63) is 47.5 Å². The number of fused-ring (bicyclic) bond motifs is 1. The third-order valence-electron chi connectivity index (χ3n) is 3.45. The summed E-state index contributed by atoms with van der Waals surface area (Å²) in [5.41, 5.74) is 2.69. The fraction of sp³-hybridized carbons (Fsp3) is 0.333. The Kier molecular flexibility index (Phi) is 2.73. The Morgan fingerprint density at radius 1 is 1.06 bits per heavy atom. The van der Waals surface area contributed by atoms with Gasteiger partial charge in [0.25, 0.3) is 0 Å². The van der Waals surface area contributed by atoms with Crippen molar-refractivity contribution < 1.29 is 0 Å². The summed E-state index contributed by atoms with van der Waals surface area (Å²) in [6.07, 6.45) is 0. The van der Waals surface area contributed by atoms with Crippen LogP contribution in [-0.2, 0) is 5.54 Å². The fourth-order valence-corrected chi connectivity index (χ4v) is 1.98. The van der Waals surface area contributed by atoms with E-state index in [4.69, 9.17) is 0 Å². The molecule has 0 radical (unpaired) electrons. The Bertz CT molecular complexity index is 512. The van der Waals surface area contributed by atoms with Gasteiger partial charge in [-0.3, -0.25) is 0 Å². The molecule has 1 nitrogen and oxygen atoms in total. The average molecular weight is 213 g/mol. The van der Waals surface area contributed by atoms with Crippen LogP contribution in [0.2, 0.25) is 0 Å². The first-order valence-electron chi connectivity index (χ1n) is 5.73. The zero-order valence-corrected chi connectivity index (χ0v) is 10.5. The largest absolute Gasteiger partial charge is 0.311 e. The molecule has 0 amide bonds. The van der Waals surface area contributed by atoms with Crippen LogP contribution in [0.4, 0.5) is 0 Å². The van der Waals surface area contributed by atoms with Crippen LogP contribution in [0.15, 0.2) is 36.4 Å². The van der Waals surface area contributed by atoms with Gasteiger partial charge >= 0.3 is 0 Å². The Morgan fingerprint density at radius 2 is 1.81 bits per heavy atom. The molecule has 1 N–H and O–H groups in total. The van der Waals surface area contributed by atoms with Gasteiger partial charge in [-0.1, -0.05) is 30.3 Å². The molecule has 0 atom stereocenters. The molecule has 1 heteroatoms. The summed E-state index contributed by atoms with van der Waals surface area (Å²) in [6, 6.07) is 13.2. The Labute approximate surface area is 97.5 Å². The molecule has 0 bridgehead atoms. The molecule has 84 valence electrons. The van der Waals surface area contributed by atoms with E-state index in [-0.39, 0.29) is 5.54 Å². The van der Waals surface area contributed by atoms with E-state index in [2.05, 4.69) is 62.5 Å². The summed E-state index contributed by atoms with van der Waals surface area (Å²) in [7, 11) is 2.00. The number of hydrogen-bond donors (Lipinski definition) is 1. The van der Waals surface area contributed by atoms with Crippen molar-refractivity contribution in [3.63, 3.8) is 0 Å². The molecule has 2 aromatic carbocycles. The topological polar surface area (TPSA) is 12.0 Å². The van der Waals surface area contributed by atoms with Gasteiger partial charge in [0.05, 0.1) is 0 Å². The van der Waals surface area contributed by atoms with Crippen molar-refractivity contribution in [1.82, 2.24) is 5.32 Å². The first kappa shape index (κ1) is 11.2. The highest BCUT2D eigenvalue weighted by Gasteiger charge is 2.17. The SMILES string of the molecule is CNC(C)(C)c1ccc2c(C)cccc2c1. The van der Waals surface area contributed by atoms with Gasteiger partial charge in [-0.25, -0.2) is 0 Å². The predicted molar refractivity (Wildman–Crippen MR) is 70.8 cm³/mol. The number of benzene rings is 2. The van der Waals surface area contributed by atoms with Gasteiger partial charge in [0.2, 0.25) is 0 Å². The first-order chi connectivity index (χ1) is 7.54. The standard InChI is InChI=1S/C15H19N/c1-11-6-5-7-12-10-13(8-9-14(11)12)15(2,3)16-4/h5-10,16H,1-4H3. The second kappa shape index (κ2) is 3.91. The molecular weight excluding hydrogens is 194 g/mol. The molecule has 0 aromatic heterocycles. The van der Waals surface area contributed by atoms with Gasteiger partial charge in [0.15, 0.2) is 0 Å². The molecule has 2 rings (SSSR count). The number of nitrogens with one attached hydrogen (secondary N) is 1. The van der Waals surface area contributed by atoms with Crippen LogP contribution in [0, 0.1) is 6.92 Å². The van der Waals surface area contributed by atoms with E-state index >= 15 is 0 Å². The van der Waals surface area contributed by atoms with Crippen LogP contribution in [0.3, 0.4) is 0 Å². The Hall–Kier alpha value is -1.34. The van der Waals surface area contributed by atoms with Crippen LogP contribution >= 0.6 is 0 Å². The molecule has 0 spiro atoms. The number of aryl methyl sites for hydroxylation is 1. The van der Waals surface area contributed by atoms with Crippen molar-refractivity contribution in [1.29, 1.82) is 0 Å². The lowest BCUT2D eigenvalue weighted by molar-refractivity contribution is 0.445. The highest BCUT2D eigenvalue weighted by atomic mass is 14.9. The third kappa shape index (κ3) is 1.83. The highest BCUT2D eigenvalue weighted by molar-refractivity contribution is 5.86. The van der Waals surface area contributed by atoms with E-state index in [1.165, 1.54) is 21.9 Å². The van der Waals surface area contributed by atoms with Crippen LogP contribution in [-0.4, -0.2) is 7.05 Å². The molecule has 0 aliphatic carbocycles. The molecule has 0 aliphatic rings. The number of rotatable bonds is 2. The van der Waals surface area contributed by atoms with Crippen LogP contribution in [0.25, 0.3) is 10.8 Å². The second-order valence-electron chi connectivity index (χ2n) is 4.89. The second-order valence-corrected chi connectivity index (χ2v) is 4.89. The summed E-state index contributed by atoms with van der Waals surface area (Å²) in [4.78, 5) is 0. The quantitative estimate of drug-likeness (QED) is 0.803. The van der Waals surface area contributed by atoms with E-state index in [1.807, 2.05) is 7.05 Å². The lowest BCUT2D eigenvalue weighted by atomic mass is 9.91. The lowest BCUT2D eigenvalue weighted by Gasteiger charge is -2.25. The molecule has 0 aliphatic heterocycles. The smallest absolute Gasteiger partial charge is 0.0375 e.